The number of hydrogen-bond donors (Lipinski definition) is 0. The van der Waals surface area contributed by atoms with Crippen molar-refractivity contribution in [3.05, 3.63) is 109 Å². The topological polar surface area (TPSA) is 78.9 Å². The van der Waals surface area contributed by atoms with Crippen molar-refractivity contribution in [2.75, 3.05) is 13.2 Å². The molecule has 6 nitrogen and oxygen atoms in total. The number of allylic oxidation sites excluding steroid dienone is 18. The van der Waals surface area contributed by atoms with Gasteiger partial charge in [0, 0.05) is 19.3 Å². The van der Waals surface area contributed by atoms with E-state index in [1.54, 1.807) is 0 Å². The van der Waals surface area contributed by atoms with E-state index < -0.39 is 6.10 Å². The van der Waals surface area contributed by atoms with Crippen LogP contribution < -0.4 is 0 Å². The summed E-state index contributed by atoms with van der Waals surface area (Å²) in [7, 11) is 0. The van der Waals surface area contributed by atoms with Gasteiger partial charge in [-0.1, -0.05) is 194 Å². The van der Waals surface area contributed by atoms with Gasteiger partial charge in [0.25, 0.3) is 0 Å². The Morgan fingerprint density at radius 3 is 1.03 bits per heavy atom. The standard InChI is InChI=1S/C53H84O6/c1-4-7-10-13-15-16-17-18-19-20-21-22-23-24-25-26-27-28-29-30-31-32-33-34-35-36-38-40-43-46-52(55)58-49-50(48-57-51(54)45-42-39-12-9-6-3)59-53(56)47-44-41-37-14-11-8-5-2/h7,10,15-16,18-19,21-22,24-25,27-28,30-31,33-34,36,38,50H,4-6,8-9,11-14,17,20,23,26,29,32,35,37,39-49H2,1-3H3/b10-7-,16-15-,19-18-,22-21-,25-24-,28-27-,31-30-,34-33-,38-36-. The molecule has 332 valence electrons. The zero-order valence-electron chi connectivity index (χ0n) is 37.7. The lowest BCUT2D eigenvalue weighted by molar-refractivity contribution is -0.167. The number of ether oxygens (including phenoxy) is 3. The molecular formula is C53H84O6. The molecule has 0 aliphatic rings. The molecule has 0 rings (SSSR count). The Hall–Kier alpha value is -3.93. The smallest absolute Gasteiger partial charge is 0.306 e. The molecule has 0 aliphatic heterocycles. The molecule has 0 amide bonds. The van der Waals surface area contributed by atoms with Crippen molar-refractivity contribution >= 4 is 17.9 Å². The van der Waals surface area contributed by atoms with Crippen molar-refractivity contribution in [1.29, 1.82) is 0 Å². The number of esters is 3. The molecule has 0 spiro atoms. The SMILES string of the molecule is CC/C=C\C/C=C\C/C=C\C/C=C\C/C=C\C/C=C\C/C=C\C/C=C\C/C=C\CCCC(=O)OCC(COC(=O)CCCCCCC)OC(=O)CCCCCCCCC. The fraction of sp³-hybridized carbons (Fsp3) is 0.604. The normalized spacial score (nSPS) is 13.1. The van der Waals surface area contributed by atoms with Crippen LogP contribution in [0.15, 0.2) is 109 Å². The average molecular weight is 817 g/mol. The van der Waals surface area contributed by atoms with E-state index in [4.69, 9.17) is 14.2 Å². The van der Waals surface area contributed by atoms with Crippen molar-refractivity contribution in [3.8, 4) is 0 Å². The summed E-state index contributed by atoms with van der Waals surface area (Å²) >= 11 is 0. The lowest BCUT2D eigenvalue weighted by Gasteiger charge is -2.18. The third-order valence-corrected chi connectivity index (χ3v) is 9.29. The maximum Gasteiger partial charge on any atom is 0.306 e. The van der Waals surface area contributed by atoms with E-state index in [0.717, 1.165) is 116 Å². The first-order valence-corrected chi connectivity index (χ1v) is 23.4. The summed E-state index contributed by atoms with van der Waals surface area (Å²) < 4.78 is 16.5. The van der Waals surface area contributed by atoms with Gasteiger partial charge < -0.3 is 14.2 Å². The highest BCUT2D eigenvalue weighted by Gasteiger charge is 2.19. The van der Waals surface area contributed by atoms with Crippen molar-refractivity contribution in [2.24, 2.45) is 0 Å². The van der Waals surface area contributed by atoms with E-state index in [9.17, 15) is 14.4 Å². The van der Waals surface area contributed by atoms with Crippen LogP contribution in [0.2, 0.25) is 0 Å². The van der Waals surface area contributed by atoms with Crippen LogP contribution in [0.4, 0.5) is 0 Å². The number of carbonyl (C=O) groups excluding carboxylic acids is 3. The van der Waals surface area contributed by atoms with Gasteiger partial charge in [0.2, 0.25) is 0 Å². The summed E-state index contributed by atoms with van der Waals surface area (Å²) in [5.74, 6) is -0.994. The first kappa shape index (κ1) is 55.1. The van der Waals surface area contributed by atoms with Gasteiger partial charge in [0.1, 0.15) is 13.2 Å². The van der Waals surface area contributed by atoms with Gasteiger partial charge in [-0.3, -0.25) is 14.4 Å². The quantitative estimate of drug-likeness (QED) is 0.0265. The maximum atomic E-state index is 12.5. The number of hydrogen-bond acceptors (Lipinski definition) is 6. The molecule has 1 atom stereocenters. The van der Waals surface area contributed by atoms with Crippen LogP contribution in [0, 0.1) is 0 Å². The summed E-state index contributed by atoms with van der Waals surface area (Å²) in [5, 5.41) is 0. The van der Waals surface area contributed by atoms with Gasteiger partial charge in [-0.25, -0.2) is 0 Å². The van der Waals surface area contributed by atoms with Gasteiger partial charge in [0.05, 0.1) is 0 Å². The van der Waals surface area contributed by atoms with Crippen LogP contribution >= 0.6 is 0 Å². The highest BCUT2D eigenvalue weighted by molar-refractivity contribution is 5.71. The molecule has 6 heteroatoms. The Labute approximate surface area is 361 Å². The first-order valence-electron chi connectivity index (χ1n) is 23.4. The summed E-state index contributed by atoms with van der Waals surface area (Å²) in [6.45, 7) is 6.30. The Bertz CT molecular complexity index is 1260. The van der Waals surface area contributed by atoms with Crippen LogP contribution in [-0.2, 0) is 28.6 Å². The Morgan fingerprint density at radius 2 is 0.661 bits per heavy atom. The van der Waals surface area contributed by atoms with E-state index in [-0.39, 0.29) is 37.5 Å². The van der Waals surface area contributed by atoms with Crippen LogP contribution in [-0.4, -0.2) is 37.2 Å². The van der Waals surface area contributed by atoms with Gasteiger partial charge in [-0.05, 0) is 83.5 Å². The van der Waals surface area contributed by atoms with Gasteiger partial charge in [-0.2, -0.15) is 0 Å². The molecule has 0 heterocycles. The summed E-state index contributed by atoms with van der Waals surface area (Å²) in [6, 6.07) is 0. The fourth-order valence-electron chi connectivity index (χ4n) is 5.79. The molecule has 0 radical (unpaired) electrons. The second-order valence-corrected chi connectivity index (χ2v) is 14.9. The van der Waals surface area contributed by atoms with Crippen LogP contribution in [0.3, 0.4) is 0 Å². The van der Waals surface area contributed by atoms with Crippen LogP contribution in [0.1, 0.15) is 188 Å². The summed E-state index contributed by atoms with van der Waals surface area (Å²) in [4.78, 5) is 37.3. The summed E-state index contributed by atoms with van der Waals surface area (Å²) in [5.41, 5.74) is 0. The van der Waals surface area contributed by atoms with E-state index in [1.165, 1.54) is 25.7 Å². The molecule has 0 N–H and O–H groups in total. The molecule has 0 saturated heterocycles. The molecule has 0 bridgehead atoms. The van der Waals surface area contributed by atoms with E-state index in [1.807, 2.05) is 0 Å². The van der Waals surface area contributed by atoms with Crippen molar-refractivity contribution in [1.82, 2.24) is 0 Å². The van der Waals surface area contributed by atoms with Crippen LogP contribution in [0.5, 0.6) is 0 Å². The average Bonchev–Trinajstić information content (AvgIpc) is 3.23. The van der Waals surface area contributed by atoms with Crippen LogP contribution in [0.25, 0.3) is 0 Å². The Balaban J connectivity index is 4.17. The molecule has 59 heavy (non-hydrogen) atoms. The molecule has 0 aromatic rings. The first-order chi connectivity index (χ1) is 29.0. The predicted octanol–water partition coefficient (Wildman–Crippen LogP) is 15.2. The Morgan fingerprint density at radius 1 is 0.356 bits per heavy atom. The minimum atomic E-state index is -0.793. The van der Waals surface area contributed by atoms with Crippen molar-refractivity contribution < 1.29 is 28.6 Å². The van der Waals surface area contributed by atoms with Crippen molar-refractivity contribution in [2.45, 2.75) is 194 Å². The van der Waals surface area contributed by atoms with E-state index in [0.29, 0.717) is 19.3 Å². The molecule has 0 aliphatic carbocycles. The van der Waals surface area contributed by atoms with Gasteiger partial charge in [-0.15, -0.1) is 0 Å². The van der Waals surface area contributed by atoms with Crippen molar-refractivity contribution in [3.63, 3.8) is 0 Å². The second kappa shape index (κ2) is 46.8. The molecule has 0 aromatic carbocycles. The number of unbranched alkanes of at least 4 members (excludes halogenated alkanes) is 11. The van der Waals surface area contributed by atoms with E-state index >= 15 is 0 Å². The minimum Gasteiger partial charge on any atom is -0.462 e. The second-order valence-electron chi connectivity index (χ2n) is 14.9. The number of rotatable bonds is 40. The molecule has 0 fully saturated rings. The molecule has 0 aromatic heterocycles. The van der Waals surface area contributed by atoms with Gasteiger partial charge >= 0.3 is 17.9 Å². The number of carbonyl (C=O) groups is 3. The zero-order valence-corrected chi connectivity index (χ0v) is 37.7. The third-order valence-electron chi connectivity index (χ3n) is 9.29. The zero-order chi connectivity index (χ0) is 43.0. The van der Waals surface area contributed by atoms with E-state index in [2.05, 4.69) is 130 Å². The lowest BCUT2D eigenvalue weighted by Crippen LogP contribution is -2.30. The third kappa shape index (κ3) is 45.0. The predicted molar refractivity (Wildman–Crippen MR) is 251 cm³/mol. The minimum absolute atomic E-state index is 0.0979. The molecule has 0 saturated carbocycles. The highest BCUT2D eigenvalue weighted by atomic mass is 16.6. The Kier molecular flexibility index (Phi) is 43.6. The fourth-order valence-corrected chi connectivity index (χ4v) is 5.79. The summed E-state index contributed by atoms with van der Waals surface area (Å²) in [6.07, 6.45) is 62.8. The molecule has 1 unspecified atom stereocenters. The monoisotopic (exact) mass is 817 g/mol. The lowest BCUT2D eigenvalue weighted by atomic mass is 10.1. The van der Waals surface area contributed by atoms with Gasteiger partial charge in [0.15, 0.2) is 6.10 Å². The maximum absolute atomic E-state index is 12.5. The highest BCUT2D eigenvalue weighted by Crippen LogP contribution is 2.11. The molecular weight excluding hydrogens is 733 g/mol. The largest absolute Gasteiger partial charge is 0.462 e.